The number of urea groups is 1. The summed E-state index contributed by atoms with van der Waals surface area (Å²) in [4.78, 5) is 22.5. The molecule has 0 atom stereocenters. The third kappa shape index (κ3) is 3.72. The molecule has 0 aromatic heterocycles. The molecule has 5 heteroatoms. The van der Waals surface area contributed by atoms with E-state index in [4.69, 9.17) is 5.73 Å². The number of nitrogens with one attached hydrogen (secondary N) is 2. The van der Waals surface area contributed by atoms with Gasteiger partial charge in [0.1, 0.15) is 0 Å². The molecule has 0 aromatic carbocycles. The fraction of sp³-hybridized carbons (Fsp3) is 0.818. The summed E-state index contributed by atoms with van der Waals surface area (Å²) in [6.07, 6.45) is 4.45. The Labute approximate surface area is 96.1 Å². The van der Waals surface area contributed by atoms with Crippen LogP contribution in [0.2, 0.25) is 0 Å². The van der Waals surface area contributed by atoms with Crippen LogP contribution < -0.4 is 16.4 Å². The predicted octanol–water partition coefficient (Wildman–Crippen LogP) is 0.740. The van der Waals surface area contributed by atoms with Crippen molar-refractivity contribution in [2.75, 3.05) is 6.54 Å². The lowest BCUT2D eigenvalue weighted by Crippen LogP contribution is -2.47. The normalized spacial score (nSPS) is 17.1. The lowest BCUT2D eigenvalue weighted by molar-refractivity contribution is -0.125. The molecule has 0 spiro atoms. The minimum absolute atomic E-state index is 0.207. The molecule has 92 valence electrons. The van der Waals surface area contributed by atoms with Gasteiger partial charge in [-0.25, -0.2) is 4.79 Å². The Hall–Kier alpha value is -1.26. The highest BCUT2D eigenvalue weighted by molar-refractivity contribution is 5.81. The van der Waals surface area contributed by atoms with Crippen LogP contribution >= 0.6 is 0 Å². The molecule has 1 aliphatic rings. The van der Waals surface area contributed by atoms with Crippen molar-refractivity contribution in [3.8, 4) is 0 Å². The predicted molar refractivity (Wildman–Crippen MR) is 61.8 cm³/mol. The highest BCUT2D eigenvalue weighted by atomic mass is 16.2. The second kappa shape index (κ2) is 5.18. The summed E-state index contributed by atoms with van der Waals surface area (Å²) in [5, 5.41) is 5.57. The van der Waals surface area contributed by atoms with Gasteiger partial charge in [0.05, 0.1) is 5.41 Å². The van der Waals surface area contributed by atoms with Gasteiger partial charge in [-0.3, -0.25) is 4.79 Å². The summed E-state index contributed by atoms with van der Waals surface area (Å²) in [5.41, 5.74) is 4.51. The maximum Gasteiger partial charge on any atom is 0.315 e. The third-order valence-corrected chi connectivity index (χ3v) is 3.05. The molecule has 1 rings (SSSR count). The standard InChI is InChI=1S/C11H21N3O2/c1-11(2,9(12)15)7-13-10(16)14-8-5-3-4-6-8/h8H,3-7H2,1-2H3,(H2,12,15)(H2,13,14,16). The monoisotopic (exact) mass is 227 g/mol. The van der Waals surface area contributed by atoms with Gasteiger partial charge >= 0.3 is 6.03 Å². The van der Waals surface area contributed by atoms with Crippen molar-refractivity contribution < 1.29 is 9.59 Å². The molecule has 4 N–H and O–H groups in total. The molecule has 16 heavy (non-hydrogen) atoms. The highest BCUT2D eigenvalue weighted by Crippen LogP contribution is 2.17. The van der Waals surface area contributed by atoms with Crippen molar-refractivity contribution in [1.82, 2.24) is 10.6 Å². The van der Waals surface area contributed by atoms with E-state index >= 15 is 0 Å². The number of nitrogens with two attached hydrogens (primary N) is 1. The zero-order valence-corrected chi connectivity index (χ0v) is 10.0. The second-order valence-electron chi connectivity index (χ2n) is 5.06. The summed E-state index contributed by atoms with van der Waals surface area (Å²) in [7, 11) is 0. The molecule has 0 saturated heterocycles. The largest absolute Gasteiger partial charge is 0.369 e. The maximum atomic E-state index is 11.5. The van der Waals surface area contributed by atoms with E-state index in [-0.39, 0.29) is 18.6 Å². The van der Waals surface area contributed by atoms with E-state index < -0.39 is 11.3 Å². The van der Waals surface area contributed by atoms with Crippen molar-refractivity contribution in [1.29, 1.82) is 0 Å². The summed E-state index contributed by atoms with van der Waals surface area (Å²) in [6.45, 7) is 3.69. The lowest BCUT2D eigenvalue weighted by Gasteiger charge is -2.21. The second-order valence-corrected chi connectivity index (χ2v) is 5.06. The molecule has 1 saturated carbocycles. The number of rotatable bonds is 4. The topological polar surface area (TPSA) is 84.2 Å². The Balaban J connectivity index is 2.26. The van der Waals surface area contributed by atoms with Crippen LogP contribution in [0.1, 0.15) is 39.5 Å². The number of carbonyl (C=O) groups excluding carboxylic acids is 2. The first-order valence-electron chi connectivity index (χ1n) is 5.76. The minimum atomic E-state index is -0.701. The van der Waals surface area contributed by atoms with Crippen molar-refractivity contribution >= 4 is 11.9 Å². The highest BCUT2D eigenvalue weighted by Gasteiger charge is 2.26. The Bertz CT molecular complexity index is 270. The SMILES string of the molecule is CC(C)(CNC(=O)NC1CCCC1)C(N)=O. The molecule has 3 amide bonds. The quantitative estimate of drug-likeness (QED) is 0.661. The van der Waals surface area contributed by atoms with Crippen molar-refractivity contribution in [2.24, 2.45) is 11.1 Å². The Morgan fingerprint density at radius 3 is 2.38 bits per heavy atom. The van der Waals surface area contributed by atoms with Gasteiger partial charge in [-0.15, -0.1) is 0 Å². The van der Waals surface area contributed by atoms with Gasteiger partial charge in [0.2, 0.25) is 5.91 Å². The van der Waals surface area contributed by atoms with Gasteiger partial charge < -0.3 is 16.4 Å². The Kier molecular flexibility index (Phi) is 4.15. The smallest absolute Gasteiger partial charge is 0.315 e. The first kappa shape index (κ1) is 12.8. The first-order chi connectivity index (χ1) is 7.42. The van der Waals surface area contributed by atoms with Crippen LogP contribution in [0.25, 0.3) is 0 Å². The minimum Gasteiger partial charge on any atom is -0.369 e. The number of carbonyl (C=O) groups is 2. The number of hydrogen-bond donors (Lipinski definition) is 3. The first-order valence-corrected chi connectivity index (χ1v) is 5.76. The summed E-state index contributed by atoms with van der Waals surface area (Å²) in [5.74, 6) is -0.409. The van der Waals surface area contributed by atoms with Crippen molar-refractivity contribution in [3.05, 3.63) is 0 Å². The molecular formula is C11H21N3O2. The van der Waals surface area contributed by atoms with Crippen LogP contribution in [0.4, 0.5) is 4.79 Å². The number of primary amides is 1. The van der Waals surface area contributed by atoms with Gasteiger partial charge in [0, 0.05) is 12.6 Å². The zero-order chi connectivity index (χ0) is 12.2. The number of amides is 3. The number of hydrogen-bond acceptors (Lipinski definition) is 2. The fourth-order valence-electron chi connectivity index (χ4n) is 1.69. The lowest BCUT2D eigenvalue weighted by atomic mass is 9.93. The molecule has 0 aromatic rings. The van der Waals surface area contributed by atoms with Crippen molar-refractivity contribution in [2.45, 2.75) is 45.6 Å². The van der Waals surface area contributed by atoms with Gasteiger partial charge in [0.15, 0.2) is 0 Å². The summed E-state index contributed by atoms with van der Waals surface area (Å²) >= 11 is 0. The molecule has 5 nitrogen and oxygen atoms in total. The van der Waals surface area contributed by atoms with Gasteiger partial charge in [-0.1, -0.05) is 12.8 Å². The van der Waals surface area contributed by atoms with E-state index in [1.54, 1.807) is 13.8 Å². The Morgan fingerprint density at radius 1 is 1.31 bits per heavy atom. The maximum absolute atomic E-state index is 11.5. The van der Waals surface area contributed by atoms with Crippen LogP contribution in [0.3, 0.4) is 0 Å². The molecule has 0 unspecified atom stereocenters. The van der Waals surface area contributed by atoms with Gasteiger partial charge in [0.25, 0.3) is 0 Å². The van der Waals surface area contributed by atoms with E-state index in [0.717, 1.165) is 12.8 Å². The van der Waals surface area contributed by atoms with Gasteiger partial charge in [-0.2, -0.15) is 0 Å². The molecule has 0 heterocycles. The van der Waals surface area contributed by atoms with Crippen LogP contribution in [0, 0.1) is 5.41 Å². The van der Waals surface area contributed by atoms with E-state index in [1.807, 2.05) is 0 Å². The molecule has 1 fully saturated rings. The van der Waals surface area contributed by atoms with Crippen LogP contribution in [0.15, 0.2) is 0 Å². The molecular weight excluding hydrogens is 206 g/mol. The molecule has 0 radical (unpaired) electrons. The van der Waals surface area contributed by atoms with Crippen LogP contribution in [-0.4, -0.2) is 24.5 Å². The fourth-order valence-corrected chi connectivity index (χ4v) is 1.69. The van der Waals surface area contributed by atoms with E-state index in [9.17, 15) is 9.59 Å². The van der Waals surface area contributed by atoms with Crippen molar-refractivity contribution in [3.63, 3.8) is 0 Å². The molecule has 1 aliphatic carbocycles. The van der Waals surface area contributed by atoms with E-state index in [0.29, 0.717) is 0 Å². The van der Waals surface area contributed by atoms with Gasteiger partial charge in [-0.05, 0) is 26.7 Å². The summed E-state index contributed by atoms with van der Waals surface area (Å²) < 4.78 is 0. The van der Waals surface area contributed by atoms with E-state index in [2.05, 4.69) is 10.6 Å². The molecule has 0 bridgehead atoms. The van der Waals surface area contributed by atoms with Crippen LogP contribution in [0.5, 0.6) is 0 Å². The molecule has 0 aliphatic heterocycles. The van der Waals surface area contributed by atoms with Crippen LogP contribution in [-0.2, 0) is 4.79 Å². The zero-order valence-electron chi connectivity index (χ0n) is 10.0. The average molecular weight is 227 g/mol. The van der Waals surface area contributed by atoms with E-state index in [1.165, 1.54) is 12.8 Å². The third-order valence-electron chi connectivity index (χ3n) is 3.05. The summed E-state index contributed by atoms with van der Waals surface area (Å²) in [6, 6.07) is 0.0814. The average Bonchev–Trinajstić information content (AvgIpc) is 2.67. The Morgan fingerprint density at radius 2 is 1.88 bits per heavy atom.